The van der Waals surface area contributed by atoms with Crippen LogP contribution in [0.4, 0.5) is 0 Å². The van der Waals surface area contributed by atoms with Crippen molar-refractivity contribution in [3.8, 4) is 5.75 Å². The maximum Gasteiger partial charge on any atom is 0.227 e. The number of H-pyrrole nitrogens is 1. The zero-order valence-corrected chi connectivity index (χ0v) is 14.0. The zero-order chi connectivity index (χ0) is 17.2. The Kier molecular flexibility index (Phi) is 4.14. The lowest BCUT2D eigenvalue weighted by atomic mass is 9.90. The summed E-state index contributed by atoms with van der Waals surface area (Å²) in [5.41, 5.74) is 3.09. The van der Waals surface area contributed by atoms with Gasteiger partial charge in [0.25, 0.3) is 0 Å². The zero-order valence-electron chi connectivity index (χ0n) is 14.0. The minimum atomic E-state index is 0.147. The van der Waals surface area contributed by atoms with E-state index in [9.17, 15) is 9.90 Å². The highest BCUT2D eigenvalue weighted by atomic mass is 16.3. The van der Waals surface area contributed by atoms with Crippen molar-refractivity contribution < 1.29 is 9.90 Å². The van der Waals surface area contributed by atoms with E-state index < -0.39 is 0 Å². The number of amides is 1. The van der Waals surface area contributed by atoms with Gasteiger partial charge in [-0.2, -0.15) is 0 Å². The Hall–Kier alpha value is -2.82. The van der Waals surface area contributed by atoms with Gasteiger partial charge in [0, 0.05) is 36.8 Å². The normalized spacial score (nSPS) is 17.8. The van der Waals surface area contributed by atoms with E-state index >= 15 is 0 Å². The fourth-order valence-electron chi connectivity index (χ4n) is 3.67. The molecule has 0 aliphatic carbocycles. The number of carbonyl (C=O) groups excluding carboxylic acids is 1. The van der Waals surface area contributed by atoms with Gasteiger partial charge < -0.3 is 15.0 Å². The van der Waals surface area contributed by atoms with Crippen LogP contribution in [0.1, 0.15) is 29.9 Å². The largest absolute Gasteiger partial charge is 0.508 e. The van der Waals surface area contributed by atoms with Gasteiger partial charge in [-0.15, -0.1) is 0 Å². The van der Waals surface area contributed by atoms with Crippen LogP contribution in [0.25, 0.3) is 11.0 Å². The molecule has 0 saturated carbocycles. The predicted octanol–water partition coefficient (Wildman–Crippen LogP) is 3.22. The summed E-state index contributed by atoms with van der Waals surface area (Å²) in [7, 11) is 0. The Morgan fingerprint density at radius 3 is 2.96 bits per heavy atom. The van der Waals surface area contributed by atoms with Crippen molar-refractivity contribution in [2.75, 3.05) is 13.1 Å². The lowest BCUT2D eigenvalue weighted by molar-refractivity contribution is -0.131. The van der Waals surface area contributed by atoms with Crippen molar-refractivity contribution in [1.82, 2.24) is 14.9 Å². The van der Waals surface area contributed by atoms with Crippen LogP contribution >= 0.6 is 0 Å². The number of benzene rings is 1. The fraction of sp³-hybridized carbons (Fsp3) is 0.300. The first-order chi connectivity index (χ1) is 12.2. The molecular weight excluding hydrogens is 314 g/mol. The molecule has 2 N–H and O–H groups in total. The number of phenols is 1. The molecule has 0 radical (unpaired) electrons. The molecule has 1 atom stereocenters. The number of aromatic amines is 1. The third kappa shape index (κ3) is 3.22. The summed E-state index contributed by atoms with van der Waals surface area (Å²) in [5.74, 6) is 0.714. The number of phenolic OH excluding ortho intramolecular Hbond substituents is 1. The molecule has 1 aromatic carbocycles. The van der Waals surface area contributed by atoms with E-state index in [1.54, 1.807) is 30.5 Å². The number of nitrogens with one attached hydrogen (secondary N) is 1. The molecule has 1 amide bonds. The van der Waals surface area contributed by atoms with Gasteiger partial charge in [-0.3, -0.25) is 4.79 Å². The van der Waals surface area contributed by atoms with Crippen molar-refractivity contribution in [1.29, 1.82) is 0 Å². The number of hydrogen-bond acceptors (Lipinski definition) is 3. The van der Waals surface area contributed by atoms with E-state index in [1.165, 1.54) is 5.56 Å². The van der Waals surface area contributed by atoms with Gasteiger partial charge >= 0.3 is 0 Å². The average molecular weight is 335 g/mol. The molecule has 1 saturated heterocycles. The standard InChI is InChI=1S/C20H21N3O2/c24-16-7-5-14(6-8-16)11-19(25)23-10-2-3-15(13-23)18-12-22-20-17(18)4-1-9-21-20/h1,4-9,12,15,24H,2-3,10-11,13H2,(H,21,22). The van der Waals surface area contributed by atoms with Crippen LogP contribution in [0.5, 0.6) is 5.75 Å². The molecule has 1 fully saturated rings. The van der Waals surface area contributed by atoms with Crippen LogP contribution in [0.2, 0.25) is 0 Å². The van der Waals surface area contributed by atoms with Gasteiger partial charge in [0.05, 0.1) is 6.42 Å². The number of nitrogens with zero attached hydrogens (tertiary/aromatic N) is 2. The van der Waals surface area contributed by atoms with Gasteiger partial charge in [0.2, 0.25) is 5.91 Å². The molecule has 5 heteroatoms. The number of likely N-dealkylation sites (tertiary alicyclic amines) is 1. The monoisotopic (exact) mass is 335 g/mol. The maximum atomic E-state index is 12.7. The average Bonchev–Trinajstić information content (AvgIpc) is 3.08. The molecule has 1 aliphatic heterocycles. The number of hydrogen-bond donors (Lipinski definition) is 2. The summed E-state index contributed by atoms with van der Waals surface area (Å²) in [4.78, 5) is 22.2. The molecule has 25 heavy (non-hydrogen) atoms. The molecule has 4 rings (SSSR count). The second-order valence-electron chi connectivity index (χ2n) is 6.67. The SMILES string of the molecule is O=C(Cc1ccc(O)cc1)N1CCCC(c2c[nH]c3ncccc23)C1. The Labute approximate surface area is 146 Å². The number of fused-ring (bicyclic) bond motifs is 1. The third-order valence-electron chi connectivity index (χ3n) is 4.99. The quantitative estimate of drug-likeness (QED) is 0.772. The van der Waals surface area contributed by atoms with Crippen LogP contribution in [0.15, 0.2) is 48.8 Å². The molecule has 128 valence electrons. The maximum absolute atomic E-state index is 12.7. The summed E-state index contributed by atoms with van der Waals surface area (Å²) in [6.07, 6.45) is 6.31. The number of aromatic nitrogens is 2. The Morgan fingerprint density at radius 2 is 2.12 bits per heavy atom. The first-order valence-electron chi connectivity index (χ1n) is 8.68. The van der Waals surface area contributed by atoms with Crippen LogP contribution in [-0.2, 0) is 11.2 Å². The number of piperidine rings is 1. The minimum Gasteiger partial charge on any atom is -0.508 e. The smallest absolute Gasteiger partial charge is 0.227 e. The van der Waals surface area contributed by atoms with E-state index in [1.807, 2.05) is 17.2 Å². The summed E-state index contributed by atoms with van der Waals surface area (Å²) in [5, 5.41) is 10.5. The first-order valence-corrected chi connectivity index (χ1v) is 8.68. The lowest BCUT2D eigenvalue weighted by Crippen LogP contribution is -2.39. The Morgan fingerprint density at radius 1 is 1.28 bits per heavy atom. The second kappa shape index (κ2) is 6.59. The molecule has 1 aliphatic rings. The molecular formula is C20H21N3O2. The van der Waals surface area contributed by atoms with Crippen molar-refractivity contribution in [2.45, 2.75) is 25.2 Å². The Balaban J connectivity index is 1.49. The molecule has 1 unspecified atom stereocenters. The third-order valence-corrected chi connectivity index (χ3v) is 4.99. The summed E-state index contributed by atoms with van der Waals surface area (Å²) >= 11 is 0. The highest BCUT2D eigenvalue weighted by Crippen LogP contribution is 2.31. The minimum absolute atomic E-state index is 0.147. The highest BCUT2D eigenvalue weighted by Gasteiger charge is 2.26. The fourth-order valence-corrected chi connectivity index (χ4v) is 3.67. The van der Waals surface area contributed by atoms with Crippen molar-refractivity contribution in [3.05, 3.63) is 59.9 Å². The van der Waals surface area contributed by atoms with E-state index in [0.29, 0.717) is 12.3 Å². The number of pyridine rings is 1. The van der Waals surface area contributed by atoms with Gasteiger partial charge in [0.15, 0.2) is 0 Å². The summed E-state index contributed by atoms with van der Waals surface area (Å²) in [6.45, 7) is 1.56. The van der Waals surface area contributed by atoms with Gasteiger partial charge in [0.1, 0.15) is 11.4 Å². The molecule has 2 aromatic heterocycles. The topological polar surface area (TPSA) is 69.2 Å². The van der Waals surface area contributed by atoms with Crippen LogP contribution in [-0.4, -0.2) is 39.0 Å². The van der Waals surface area contributed by atoms with E-state index in [4.69, 9.17) is 0 Å². The van der Waals surface area contributed by atoms with Gasteiger partial charge in [-0.25, -0.2) is 4.98 Å². The second-order valence-corrected chi connectivity index (χ2v) is 6.67. The Bertz CT molecular complexity index is 885. The van der Waals surface area contributed by atoms with Gasteiger partial charge in [-0.1, -0.05) is 12.1 Å². The van der Waals surface area contributed by atoms with Crippen molar-refractivity contribution in [2.24, 2.45) is 0 Å². The van der Waals surface area contributed by atoms with Crippen molar-refractivity contribution >= 4 is 16.9 Å². The molecule has 0 spiro atoms. The summed E-state index contributed by atoms with van der Waals surface area (Å²) < 4.78 is 0. The molecule has 0 bridgehead atoms. The molecule has 3 heterocycles. The van der Waals surface area contributed by atoms with Gasteiger partial charge in [-0.05, 0) is 48.2 Å². The van der Waals surface area contributed by atoms with E-state index in [2.05, 4.69) is 16.0 Å². The number of carbonyl (C=O) groups is 1. The summed E-state index contributed by atoms with van der Waals surface area (Å²) in [6, 6.07) is 10.9. The van der Waals surface area contributed by atoms with Crippen LogP contribution < -0.4 is 0 Å². The highest BCUT2D eigenvalue weighted by molar-refractivity contribution is 5.81. The lowest BCUT2D eigenvalue weighted by Gasteiger charge is -2.33. The molecule has 5 nitrogen and oxygen atoms in total. The predicted molar refractivity (Wildman–Crippen MR) is 96.5 cm³/mol. The first kappa shape index (κ1) is 15.7. The number of aromatic hydroxyl groups is 1. The van der Waals surface area contributed by atoms with E-state index in [-0.39, 0.29) is 11.7 Å². The van der Waals surface area contributed by atoms with Crippen molar-refractivity contribution in [3.63, 3.8) is 0 Å². The van der Waals surface area contributed by atoms with Crippen LogP contribution in [0, 0.1) is 0 Å². The molecule has 3 aromatic rings. The number of rotatable bonds is 3. The van der Waals surface area contributed by atoms with E-state index in [0.717, 1.165) is 42.5 Å². The van der Waals surface area contributed by atoms with Crippen LogP contribution in [0.3, 0.4) is 0 Å².